The molecule has 1 aromatic heterocycles. The largest absolute Gasteiger partial charge is 0.451 e. The number of hydrogen-bond donors (Lipinski definition) is 1. The van der Waals surface area contributed by atoms with Crippen molar-refractivity contribution in [1.82, 2.24) is 9.80 Å². The summed E-state index contributed by atoms with van der Waals surface area (Å²) in [6, 6.07) is 10.6. The second-order valence-electron chi connectivity index (χ2n) is 7.05. The summed E-state index contributed by atoms with van der Waals surface area (Å²) in [5.41, 5.74) is 1.41. The Morgan fingerprint density at radius 1 is 1.11 bits per heavy atom. The fraction of sp³-hybridized carbons (Fsp3) is 0.455. The second kappa shape index (κ2) is 9.06. The van der Waals surface area contributed by atoms with Gasteiger partial charge in [0.2, 0.25) is 0 Å². The van der Waals surface area contributed by atoms with E-state index in [9.17, 15) is 14.7 Å². The predicted molar refractivity (Wildman–Crippen MR) is 107 cm³/mol. The summed E-state index contributed by atoms with van der Waals surface area (Å²) in [5, 5.41) is 9.53. The summed E-state index contributed by atoms with van der Waals surface area (Å²) in [7, 11) is 0. The average molecular weight is 384 g/mol. The summed E-state index contributed by atoms with van der Waals surface area (Å²) in [6.07, 6.45) is 2.85. The molecule has 6 heteroatoms. The Morgan fingerprint density at radius 2 is 1.82 bits per heavy atom. The minimum atomic E-state index is -0.122. The number of piperidine rings is 1. The van der Waals surface area contributed by atoms with Crippen LogP contribution in [0.2, 0.25) is 0 Å². The van der Waals surface area contributed by atoms with E-state index in [0.717, 1.165) is 24.8 Å². The Labute approximate surface area is 165 Å². The van der Waals surface area contributed by atoms with Crippen LogP contribution in [0.25, 0.3) is 11.3 Å². The quantitative estimate of drug-likeness (QED) is 0.828. The number of hydrogen-bond acceptors (Lipinski definition) is 4. The molecule has 3 rings (SSSR count). The molecule has 1 N–H and O–H groups in total. The van der Waals surface area contributed by atoms with Crippen molar-refractivity contribution in [2.45, 2.75) is 39.2 Å². The predicted octanol–water partition coefficient (Wildman–Crippen LogP) is 3.42. The van der Waals surface area contributed by atoms with Crippen molar-refractivity contribution in [2.24, 2.45) is 0 Å². The van der Waals surface area contributed by atoms with Gasteiger partial charge in [-0.3, -0.25) is 9.59 Å². The van der Waals surface area contributed by atoms with E-state index in [1.165, 1.54) is 0 Å². The molecule has 0 spiro atoms. The second-order valence-corrected chi connectivity index (χ2v) is 7.05. The number of nitrogens with zero attached hydrogens (tertiary/aromatic N) is 2. The van der Waals surface area contributed by atoms with Crippen molar-refractivity contribution in [1.29, 1.82) is 0 Å². The molecule has 0 unspecified atom stereocenters. The molecule has 1 aromatic carbocycles. The van der Waals surface area contributed by atoms with E-state index in [2.05, 4.69) is 0 Å². The highest BCUT2D eigenvalue weighted by atomic mass is 16.4. The Bertz CT molecular complexity index is 808. The maximum Gasteiger partial charge on any atom is 0.289 e. The van der Waals surface area contributed by atoms with E-state index in [1.54, 1.807) is 34.1 Å². The van der Waals surface area contributed by atoms with Gasteiger partial charge in [0.15, 0.2) is 5.76 Å². The minimum absolute atomic E-state index is 0.000434. The van der Waals surface area contributed by atoms with Crippen LogP contribution in [0.4, 0.5) is 0 Å². The third kappa shape index (κ3) is 4.12. The molecule has 0 radical (unpaired) electrons. The number of aliphatic hydroxyl groups is 1. The van der Waals surface area contributed by atoms with Gasteiger partial charge in [0.1, 0.15) is 5.76 Å². The minimum Gasteiger partial charge on any atom is -0.451 e. The van der Waals surface area contributed by atoms with Crippen LogP contribution in [-0.4, -0.2) is 59.0 Å². The van der Waals surface area contributed by atoms with Crippen LogP contribution < -0.4 is 0 Å². The number of benzene rings is 1. The number of aliphatic hydroxyl groups excluding tert-OH is 1. The topological polar surface area (TPSA) is 74.0 Å². The molecule has 1 aliphatic heterocycles. The average Bonchev–Trinajstić information content (AvgIpc) is 3.24. The van der Waals surface area contributed by atoms with Gasteiger partial charge < -0.3 is 19.3 Å². The summed E-state index contributed by atoms with van der Waals surface area (Å²) < 4.78 is 5.75. The highest BCUT2D eigenvalue weighted by Crippen LogP contribution is 2.25. The first-order valence-corrected chi connectivity index (χ1v) is 10.00. The smallest absolute Gasteiger partial charge is 0.289 e. The van der Waals surface area contributed by atoms with Crippen molar-refractivity contribution < 1.29 is 19.1 Å². The van der Waals surface area contributed by atoms with Crippen molar-refractivity contribution >= 4 is 11.8 Å². The molecule has 0 saturated carbocycles. The molecular weight excluding hydrogens is 356 g/mol. The molecule has 1 aliphatic rings. The van der Waals surface area contributed by atoms with Crippen molar-refractivity contribution in [3.8, 4) is 11.3 Å². The molecule has 6 nitrogen and oxygen atoms in total. The number of carbonyl (C=O) groups excluding carboxylic acids is 2. The van der Waals surface area contributed by atoms with Gasteiger partial charge in [-0.05, 0) is 57.4 Å². The van der Waals surface area contributed by atoms with Gasteiger partial charge in [-0.1, -0.05) is 12.1 Å². The maximum atomic E-state index is 12.8. The molecule has 2 amide bonds. The Balaban J connectivity index is 1.74. The van der Waals surface area contributed by atoms with Crippen LogP contribution in [0.1, 0.15) is 54.0 Å². The van der Waals surface area contributed by atoms with Crippen LogP contribution in [0.15, 0.2) is 40.8 Å². The van der Waals surface area contributed by atoms with E-state index in [-0.39, 0.29) is 24.5 Å². The first-order valence-electron chi connectivity index (χ1n) is 10.00. The van der Waals surface area contributed by atoms with Crippen molar-refractivity contribution in [2.75, 3.05) is 26.2 Å². The van der Waals surface area contributed by atoms with Gasteiger partial charge in [0.05, 0.1) is 12.6 Å². The summed E-state index contributed by atoms with van der Waals surface area (Å²) in [6.45, 7) is 5.82. The maximum absolute atomic E-state index is 12.8. The zero-order valence-corrected chi connectivity index (χ0v) is 16.6. The molecule has 2 heterocycles. The van der Waals surface area contributed by atoms with E-state index in [4.69, 9.17) is 4.42 Å². The standard InChI is InChI=1S/C22H28N2O4/c1-3-23(4-2)22(27)20-13-12-19(28-20)16-8-10-17(11-9-16)21(26)24-14-6-5-7-18(24)15-25/h8-13,18,25H,3-7,14-15H2,1-2H3/t18-/m0/s1. The lowest BCUT2D eigenvalue weighted by molar-refractivity contribution is 0.0503. The Kier molecular flexibility index (Phi) is 6.52. The molecule has 2 aromatic rings. The molecule has 150 valence electrons. The normalized spacial score (nSPS) is 16.8. The van der Waals surface area contributed by atoms with E-state index >= 15 is 0 Å². The first-order chi connectivity index (χ1) is 13.6. The summed E-state index contributed by atoms with van der Waals surface area (Å²) in [5.74, 6) is 0.740. The monoisotopic (exact) mass is 384 g/mol. The van der Waals surface area contributed by atoms with Crippen molar-refractivity contribution in [3.05, 3.63) is 47.7 Å². The molecule has 1 atom stereocenters. The Morgan fingerprint density at radius 3 is 2.46 bits per heavy atom. The molecule has 0 bridgehead atoms. The zero-order chi connectivity index (χ0) is 20.1. The molecular formula is C22H28N2O4. The molecule has 1 saturated heterocycles. The lowest BCUT2D eigenvalue weighted by atomic mass is 10.0. The SMILES string of the molecule is CCN(CC)C(=O)c1ccc(-c2ccc(C(=O)N3CCCC[C@H]3CO)cc2)o1. The number of amides is 2. The number of furan rings is 1. The van der Waals surface area contributed by atoms with Crippen LogP contribution in [-0.2, 0) is 0 Å². The van der Waals surface area contributed by atoms with Gasteiger partial charge in [0, 0.05) is 30.8 Å². The van der Waals surface area contributed by atoms with E-state index in [1.807, 2.05) is 26.0 Å². The van der Waals surface area contributed by atoms with Crippen LogP contribution >= 0.6 is 0 Å². The fourth-order valence-electron chi connectivity index (χ4n) is 3.68. The van der Waals surface area contributed by atoms with E-state index in [0.29, 0.717) is 36.7 Å². The first kappa shape index (κ1) is 20.1. The number of rotatable bonds is 6. The third-order valence-electron chi connectivity index (χ3n) is 5.38. The Hall–Kier alpha value is -2.60. The highest BCUT2D eigenvalue weighted by molar-refractivity contribution is 5.95. The van der Waals surface area contributed by atoms with Gasteiger partial charge in [0.25, 0.3) is 11.8 Å². The van der Waals surface area contributed by atoms with Crippen LogP contribution in [0, 0.1) is 0 Å². The van der Waals surface area contributed by atoms with Gasteiger partial charge >= 0.3 is 0 Å². The highest BCUT2D eigenvalue weighted by Gasteiger charge is 2.27. The van der Waals surface area contributed by atoms with Gasteiger partial charge in [-0.25, -0.2) is 0 Å². The zero-order valence-electron chi connectivity index (χ0n) is 16.6. The number of likely N-dealkylation sites (tertiary alicyclic amines) is 1. The summed E-state index contributed by atoms with van der Waals surface area (Å²) >= 11 is 0. The molecule has 0 aliphatic carbocycles. The van der Waals surface area contributed by atoms with Crippen LogP contribution in [0.3, 0.4) is 0 Å². The summed E-state index contributed by atoms with van der Waals surface area (Å²) in [4.78, 5) is 28.7. The molecule has 1 fully saturated rings. The van der Waals surface area contributed by atoms with Gasteiger partial charge in [-0.15, -0.1) is 0 Å². The van der Waals surface area contributed by atoms with Crippen LogP contribution in [0.5, 0.6) is 0 Å². The fourth-order valence-corrected chi connectivity index (χ4v) is 3.68. The molecule has 28 heavy (non-hydrogen) atoms. The lowest BCUT2D eigenvalue weighted by Crippen LogP contribution is -2.45. The van der Waals surface area contributed by atoms with Gasteiger partial charge in [-0.2, -0.15) is 0 Å². The van der Waals surface area contributed by atoms with E-state index < -0.39 is 0 Å². The number of carbonyl (C=O) groups is 2. The third-order valence-corrected chi connectivity index (χ3v) is 5.38. The van der Waals surface area contributed by atoms with Crippen molar-refractivity contribution in [3.63, 3.8) is 0 Å². The lowest BCUT2D eigenvalue weighted by Gasteiger charge is -2.34.